The molecule has 6 N–H and O–H groups in total. The van der Waals surface area contributed by atoms with Crippen LogP contribution in [0.1, 0.15) is 38.2 Å². The maximum atomic E-state index is 15.0. The van der Waals surface area contributed by atoms with Crippen LogP contribution in [0.2, 0.25) is 0 Å². The van der Waals surface area contributed by atoms with Crippen LogP contribution in [0.4, 0.5) is 10.1 Å². The van der Waals surface area contributed by atoms with Gasteiger partial charge in [-0.05, 0) is 50.2 Å². The van der Waals surface area contributed by atoms with Crippen molar-refractivity contribution in [1.29, 1.82) is 0 Å². The minimum atomic E-state index is -1.24. The predicted octanol–water partition coefficient (Wildman–Crippen LogP) is 1.02. The zero-order valence-electron chi connectivity index (χ0n) is 16.4. The quantitative estimate of drug-likeness (QED) is 0.619. The summed E-state index contributed by atoms with van der Waals surface area (Å²) in [7, 11) is 0. The van der Waals surface area contributed by atoms with Crippen molar-refractivity contribution in [2.75, 3.05) is 24.5 Å². The first-order chi connectivity index (χ1) is 13.4. The molecule has 2 aliphatic carbocycles. The van der Waals surface area contributed by atoms with Crippen LogP contribution in [0.25, 0.3) is 0 Å². The monoisotopic (exact) mass is 387 g/mol. The largest absolute Gasteiger partial charge is 0.369 e. The second-order valence-electron chi connectivity index (χ2n) is 8.95. The van der Waals surface area contributed by atoms with Crippen molar-refractivity contribution < 1.29 is 4.39 Å². The van der Waals surface area contributed by atoms with Crippen molar-refractivity contribution in [2.45, 2.75) is 50.5 Å². The van der Waals surface area contributed by atoms with Gasteiger partial charge in [0.25, 0.3) is 0 Å². The molecular weight excluding hydrogens is 357 g/mol. The van der Waals surface area contributed by atoms with Gasteiger partial charge in [-0.2, -0.15) is 5.43 Å². The molecule has 2 aliphatic heterocycles. The van der Waals surface area contributed by atoms with Gasteiger partial charge in [0.1, 0.15) is 5.82 Å². The lowest BCUT2D eigenvalue weighted by Crippen LogP contribution is -2.56. The number of benzene rings is 1. The minimum Gasteiger partial charge on any atom is -0.369 e. The predicted molar refractivity (Wildman–Crippen MR) is 108 cm³/mol. The van der Waals surface area contributed by atoms with Gasteiger partial charge in [-0.1, -0.05) is 12.5 Å². The number of hydrazine groups is 1. The van der Waals surface area contributed by atoms with Crippen molar-refractivity contribution >= 4 is 11.6 Å². The summed E-state index contributed by atoms with van der Waals surface area (Å²) in [6.07, 6.45) is 5.61. The first-order valence-electron chi connectivity index (χ1n) is 10.4. The Bertz CT molecular complexity index is 799. The van der Waals surface area contributed by atoms with E-state index < -0.39 is 5.79 Å². The van der Waals surface area contributed by atoms with E-state index in [2.05, 4.69) is 32.6 Å². The molecule has 2 heterocycles. The molecule has 5 rings (SSSR count). The molecule has 0 spiro atoms. The summed E-state index contributed by atoms with van der Waals surface area (Å²) in [5.74, 6) is 0.514. The van der Waals surface area contributed by atoms with Crippen molar-refractivity contribution in [3.05, 3.63) is 29.6 Å². The summed E-state index contributed by atoms with van der Waals surface area (Å²) < 4.78 is 15.0. The van der Waals surface area contributed by atoms with Crippen LogP contribution in [0.15, 0.2) is 23.2 Å². The summed E-state index contributed by atoms with van der Waals surface area (Å²) in [6, 6.07) is 6.26. The number of aliphatic imine (C=N–C) groups is 1. The average Bonchev–Trinajstić information content (AvgIpc) is 3.38. The van der Waals surface area contributed by atoms with E-state index in [0.29, 0.717) is 17.3 Å². The molecule has 2 bridgehead atoms. The normalized spacial score (nSPS) is 38.0. The summed E-state index contributed by atoms with van der Waals surface area (Å²) in [4.78, 5) is 8.97. The van der Waals surface area contributed by atoms with Crippen molar-refractivity contribution in [3.8, 4) is 0 Å². The molecular formula is C20H30FN7. The molecule has 152 valence electrons. The van der Waals surface area contributed by atoms with E-state index >= 15 is 0 Å². The van der Waals surface area contributed by atoms with Gasteiger partial charge in [-0.3, -0.25) is 16.1 Å². The van der Waals surface area contributed by atoms with Gasteiger partial charge in [0, 0.05) is 37.3 Å². The highest BCUT2D eigenvalue weighted by atomic mass is 19.1. The lowest BCUT2D eigenvalue weighted by molar-refractivity contribution is 0.0899. The van der Waals surface area contributed by atoms with Crippen molar-refractivity contribution in [3.63, 3.8) is 0 Å². The fraction of sp³-hybridized carbons (Fsp3) is 0.650. The Hall–Kier alpha value is -1.90. The Balaban J connectivity index is 1.30. The molecule has 4 aliphatic rings. The molecule has 0 amide bonds. The molecule has 1 unspecified atom stereocenters. The Morgan fingerprint density at radius 3 is 2.71 bits per heavy atom. The first-order valence-corrected chi connectivity index (χ1v) is 10.4. The van der Waals surface area contributed by atoms with E-state index in [1.165, 1.54) is 31.7 Å². The standard InChI is InChI=1S/C20H30FN7/c1-12-11-27(6-7-28(12)18-9-13-2-3-14(18)8-13)17-5-4-15(10-16(17)21)20(23)24-19(22)25-26-20/h4-5,10,12-14,18,26H,2-3,6-9,11,23H2,1H3,(H3,22,24,25)/t12-,13+,14-,18-,20?/m0/s1. The van der Waals surface area contributed by atoms with Crippen LogP contribution < -0.4 is 27.2 Å². The zero-order valence-corrected chi connectivity index (χ0v) is 16.4. The van der Waals surface area contributed by atoms with E-state index in [0.717, 1.165) is 37.5 Å². The number of piperazine rings is 1. The maximum absolute atomic E-state index is 15.0. The van der Waals surface area contributed by atoms with Gasteiger partial charge < -0.3 is 10.6 Å². The number of hydrogen-bond acceptors (Lipinski definition) is 7. The highest BCUT2D eigenvalue weighted by molar-refractivity contribution is 5.79. The summed E-state index contributed by atoms with van der Waals surface area (Å²) in [5, 5.41) is 0. The number of halogens is 1. The second kappa shape index (κ2) is 6.57. The van der Waals surface area contributed by atoms with E-state index in [1.54, 1.807) is 0 Å². The van der Waals surface area contributed by atoms with E-state index in [9.17, 15) is 4.39 Å². The summed E-state index contributed by atoms with van der Waals surface area (Å²) in [6.45, 7) is 4.99. The third-order valence-electron chi connectivity index (χ3n) is 7.21. The SMILES string of the molecule is C[C@H]1CN(c2ccc(C3(N)N=C(N)NN3)cc2F)CCN1[C@H]1C[C@@H]2CC[C@H]1C2. The van der Waals surface area contributed by atoms with Crippen molar-refractivity contribution in [2.24, 2.45) is 28.3 Å². The number of guanidine groups is 1. The minimum absolute atomic E-state index is 0.192. The zero-order chi connectivity index (χ0) is 19.5. The van der Waals surface area contributed by atoms with Crippen LogP contribution in [0.5, 0.6) is 0 Å². The molecule has 1 aromatic carbocycles. The lowest BCUT2D eigenvalue weighted by Gasteiger charge is -2.46. The Labute approximate surface area is 165 Å². The van der Waals surface area contributed by atoms with Crippen LogP contribution in [-0.2, 0) is 5.79 Å². The van der Waals surface area contributed by atoms with Crippen molar-refractivity contribution in [1.82, 2.24) is 15.8 Å². The molecule has 1 aromatic rings. The third-order valence-corrected chi connectivity index (χ3v) is 7.21. The summed E-state index contributed by atoms with van der Waals surface area (Å²) in [5.41, 5.74) is 18.4. The summed E-state index contributed by atoms with van der Waals surface area (Å²) >= 11 is 0. The van der Waals surface area contributed by atoms with Gasteiger partial charge in [0.2, 0.25) is 11.7 Å². The van der Waals surface area contributed by atoms with Gasteiger partial charge in [-0.15, -0.1) is 0 Å². The highest BCUT2D eigenvalue weighted by Crippen LogP contribution is 2.47. The number of hydrogen-bond donors (Lipinski definition) is 4. The lowest BCUT2D eigenvalue weighted by atomic mass is 9.92. The Morgan fingerprint density at radius 2 is 2.11 bits per heavy atom. The molecule has 0 aromatic heterocycles. The smallest absolute Gasteiger partial charge is 0.209 e. The maximum Gasteiger partial charge on any atom is 0.209 e. The first kappa shape index (κ1) is 18.1. The highest BCUT2D eigenvalue weighted by Gasteiger charge is 2.44. The van der Waals surface area contributed by atoms with Gasteiger partial charge in [-0.25, -0.2) is 9.38 Å². The molecule has 2 saturated carbocycles. The fourth-order valence-corrected chi connectivity index (χ4v) is 5.84. The molecule has 3 fully saturated rings. The van der Waals surface area contributed by atoms with Gasteiger partial charge >= 0.3 is 0 Å². The molecule has 1 saturated heterocycles. The Morgan fingerprint density at radius 1 is 1.25 bits per heavy atom. The van der Waals surface area contributed by atoms with Crippen LogP contribution in [0, 0.1) is 17.7 Å². The molecule has 7 nitrogen and oxygen atoms in total. The fourth-order valence-electron chi connectivity index (χ4n) is 5.84. The topological polar surface area (TPSA) is 94.9 Å². The number of nitrogens with zero attached hydrogens (tertiary/aromatic N) is 3. The average molecular weight is 388 g/mol. The van der Waals surface area contributed by atoms with E-state index in [-0.39, 0.29) is 11.8 Å². The number of rotatable bonds is 3. The number of nitrogens with one attached hydrogen (secondary N) is 2. The molecule has 5 atom stereocenters. The second-order valence-corrected chi connectivity index (χ2v) is 8.95. The van der Waals surface area contributed by atoms with Gasteiger partial charge in [0.15, 0.2) is 0 Å². The van der Waals surface area contributed by atoms with Crippen LogP contribution >= 0.6 is 0 Å². The van der Waals surface area contributed by atoms with E-state index in [1.807, 2.05) is 12.1 Å². The van der Waals surface area contributed by atoms with Crippen LogP contribution in [-0.4, -0.2) is 42.6 Å². The molecule has 0 radical (unpaired) electrons. The third kappa shape index (κ3) is 2.94. The number of fused-ring (bicyclic) bond motifs is 2. The molecule has 8 heteroatoms. The Kier molecular flexibility index (Phi) is 4.26. The van der Waals surface area contributed by atoms with Crippen LogP contribution in [0.3, 0.4) is 0 Å². The van der Waals surface area contributed by atoms with E-state index in [4.69, 9.17) is 11.5 Å². The number of nitrogens with two attached hydrogens (primary N) is 2. The number of anilines is 1. The van der Waals surface area contributed by atoms with Gasteiger partial charge in [0.05, 0.1) is 5.69 Å². The molecule has 28 heavy (non-hydrogen) atoms.